The van der Waals surface area contributed by atoms with Crippen LogP contribution in [0.15, 0.2) is 0 Å². The number of carbonyl (C=O) groups excluding carboxylic acids is 2. The lowest BCUT2D eigenvalue weighted by Gasteiger charge is -2.15. The molecule has 1 heterocycles. The van der Waals surface area contributed by atoms with Gasteiger partial charge in [-0.05, 0) is 12.5 Å². The van der Waals surface area contributed by atoms with Crippen LogP contribution in [0.4, 0.5) is 0 Å². The summed E-state index contributed by atoms with van der Waals surface area (Å²) in [4.78, 5) is 24.5. The molecule has 2 atom stereocenters. The molecular weight excluding hydrogens is 206 g/mol. The molecule has 2 unspecified atom stereocenters. The third kappa shape index (κ3) is 3.48. The van der Waals surface area contributed by atoms with Crippen molar-refractivity contribution >= 4 is 11.8 Å². The van der Waals surface area contributed by atoms with E-state index in [9.17, 15) is 9.59 Å². The highest BCUT2D eigenvalue weighted by molar-refractivity contribution is 5.81. The Balaban J connectivity index is 2.22. The number of hydrogen-bond acceptors (Lipinski definition) is 3. The lowest BCUT2D eigenvalue weighted by molar-refractivity contribution is -0.129. The second-order valence-electron chi connectivity index (χ2n) is 4.57. The Labute approximate surface area is 96.6 Å². The fourth-order valence-corrected chi connectivity index (χ4v) is 1.81. The summed E-state index contributed by atoms with van der Waals surface area (Å²) in [5.41, 5.74) is 0. The van der Waals surface area contributed by atoms with Crippen LogP contribution in [0.5, 0.6) is 0 Å². The second kappa shape index (κ2) is 5.84. The van der Waals surface area contributed by atoms with Crippen molar-refractivity contribution in [2.24, 2.45) is 11.8 Å². The van der Waals surface area contributed by atoms with Gasteiger partial charge in [-0.15, -0.1) is 0 Å². The molecule has 0 bridgehead atoms. The van der Waals surface area contributed by atoms with Gasteiger partial charge < -0.3 is 15.5 Å². The van der Waals surface area contributed by atoms with Crippen LogP contribution in [0.2, 0.25) is 0 Å². The number of nitrogens with zero attached hydrogens (tertiary/aromatic N) is 1. The van der Waals surface area contributed by atoms with Crippen LogP contribution in [0.1, 0.15) is 13.3 Å². The SMILES string of the molecule is CC1CNCC1C(=O)NCCC(=O)N(C)C. The van der Waals surface area contributed by atoms with E-state index in [0.29, 0.717) is 18.9 Å². The lowest BCUT2D eigenvalue weighted by atomic mass is 9.97. The molecule has 2 amide bonds. The average Bonchev–Trinajstić information content (AvgIpc) is 2.64. The third-order valence-corrected chi connectivity index (χ3v) is 2.99. The van der Waals surface area contributed by atoms with Gasteiger partial charge >= 0.3 is 0 Å². The molecule has 0 aromatic rings. The maximum Gasteiger partial charge on any atom is 0.224 e. The van der Waals surface area contributed by atoms with E-state index in [-0.39, 0.29) is 17.7 Å². The van der Waals surface area contributed by atoms with E-state index < -0.39 is 0 Å². The zero-order valence-corrected chi connectivity index (χ0v) is 10.2. The summed E-state index contributed by atoms with van der Waals surface area (Å²) in [7, 11) is 3.43. The number of amides is 2. The zero-order chi connectivity index (χ0) is 12.1. The number of rotatable bonds is 4. The van der Waals surface area contributed by atoms with Crippen LogP contribution in [-0.4, -0.2) is 50.4 Å². The highest BCUT2D eigenvalue weighted by atomic mass is 16.2. The van der Waals surface area contributed by atoms with Crippen molar-refractivity contribution in [3.8, 4) is 0 Å². The quantitative estimate of drug-likeness (QED) is 0.676. The van der Waals surface area contributed by atoms with Crippen LogP contribution in [-0.2, 0) is 9.59 Å². The molecule has 16 heavy (non-hydrogen) atoms. The monoisotopic (exact) mass is 227 g/mol. The Morgan fingerprint density at radius 3 is 2.56 bits per heavy atom. The summed E-state index contributed by atoms with van der Waals surface area (Å²) < 4.78 is 0. The fraction of sp³-hybridized carbons (Fsp3) is 0.818. The summed E-state index contributed by atoms with van der Waals surface area (Å²) >= 11 is 0. The molecule has 0 aromatic carbocycles. The van der Waals surface area contributed by atoms with Crippen molar-refractivity contribution in [3.63, 3.8) is 0 Å². The predicted octanol–water partition coefficient (Wildman–Crippen LogP) is -0.564. The minimum Gasteiger partial charge on any atom is -0.355 e. The molecule has 0 saturated carbocycles. The lowest BCUT2D eigenvalue weighted by Crippen LogP contribution is -2.36. The highest BCUT2D eigenvalue weighted by Gasteiger charge is 2.29. The predicted molar refractivity (Wildman–Crippen MR) is 61.8 cm³/mol. The van der Waals surface area contributed by atoms with Crippen LogP contribution < -0.4 is 10.6 Å². The number of carbonyl (C=O) groups is 2. The van der Waals surface area contributed by atoms with Gasteiger partial charge in [0, 0.05) is 33.6 Å². The Morgan fingerprint density at radius 1 is 1.38 bits per heavy atom. The molecule has 2 N–H and O–H groups in total. The largest absolute Gasteiger partial charge is 0.355 e. The van der Waals surface area contributed by atoms with Gasteiger partial charge in [0.2, 0.25) is 11.8 Å². The molecule has 1 aliphatic heterocycles. The summed E-state index contributed by atoms with van der Waals surface area (Å²) in [6.45, 7) is 4.14. The molecule has 1 saturated heterocycles. The first-order chi connectivity index (χ1) is 7.52. The van der Waals surface area contributed by atoms with E-state index in [1.165, 1.54) is 4.90 Å². The molecule has 1 rings (SSSR count). The van der Waals surface area contributed by atoms with E-state index in [1.54, 1.807) is 14.1 Å². The van der Waals surface area contributed by atoms with Crippen molar-refractivity contribution in [1.29, 1.82) is 0 Å². The molecule has 0 radical (unpaired) electrons. The number of nitrogens with one attached hydrogen (secondary N) is 2. The van der Waals surface area contributed by atoms with Gasteiger partial charge in [0.25, 0.3) is 0 Å². The standard InChI is InChI=1S/C11H21N3O2/c1-8-6-12-7-9(8)11(16)13-5-4-10(15)14(2)3/h8-9,12H,4-7H2,1-3H3,(H,13,16). The van der Waals surface area contributed by atoms with Gasteiger partial charge in [-0.3, -0.25) is 9.59 Å². The molecule has 0 aromatic heterocycles. The summed E-state index contributed by atoms with van der Waals surface area (Å²) in [5.74, 6) is 0.529. The Morgan fingerprint density at radius 2 is 2.06 bits per heavy atom. The zero-order valence-electron chi connectivity index (χ0n) is 10.2. The van der Waals surface area contributed by atoms with Crippen LogP contribution in [0.3, 0.4) is 0 Å². The van der Waals surface area contributed by atoms with Gasteiger partial charge in [-0.1, -0.05) is 6.92 Å². The van der Waals surface area contributed by atoms with Crippen molar-refractivity contribution in [3.05, 3.63) is 0 Å². The second-order valence-corrected chi connectivity index (χ2v) is 4.57. The average molecular weight is 227 g/mol. The normalized spacial score (nSPS) is 24.2. The molecule has 5 heteroatoms. The topological polar surface area (TPSA) is 61.4 Å². The van der Waals surface area contributed by atoms with Crippen LogP contribution in [0, 0.1) is 11.8 Å². The highest BCUT2D eigenvalue weighted by Crippen LogP contribution is 2.15. The Kier molecular flexibility index (Phi) is 4.73. The van der Waals surface area contributed by atoms with Crippen molar-refractivity contribution in [1.82, 2.24) is 15.5 Å². The first-order valence-electron chi connectivity index (χ1n) is 5.71. The summed E-state index contributed by atoms with van der Waals surface area (Å²) in [6, 6.07) is 0. The van der Waals surface area contributed by atoms with Gasteiger partial charge in [0.1, 0.15) is 0 Å². The Hall–Kier alpha value is -1.10. The minimum absolute atomic E-state index is 0.0397. The minimum atomic E-state index is 0.0397. The molecule has 5 nitrogen and oxygen atoms in total. The van der Waals surface area contributed by atoms with Crippen molar-refractivity contribution < 1.29 is 9.59 Å². The van der Waals surface area contributed by atoms with Gasteiger partial charge in [0.15, 0.2) is 0 Å². The smallest absolute Gasteiger partial charge is 0.224 e. The van der Waals surface area contributed by atoms with E-state index in [4.69, 9.17) is 0 Å². The first-order valence-corrected chi connectivity index (χ1v) is 5.71. The summed E-state index contributed by atoms with van der Waals surface area (Å²) in [5, 5.41) is 6.00. The van der Waals surface area contributed by atoms with E-state index >= 15 is 0 Å². The van der Waals surface area contributed by atoms with Crippen molar-refractivity contribution in [2.45, 2.75) is 13.3 Å². The first kappa shape index (κ1) is 13.0. The molecule has 1 fully saturated rings. The van der Waals surface area contributed by atoms with Gasteiger partial charge in [-0.25, -0.2) is 0 Å². The van der Waals surface area contributed by atoms with E-state index in [2.05, 4.69) is 17.6 Å². The van der Waals surface area contributed by atoms with Gasteiger partial charge in [-0.2, -0.15) is 0 Å². The maximum absolute atomic E-state index is 11.7. The summed E-state index contributed by atoms with van der Waals surface area (Å²) in [6.07, 6.45) is 0.368. The fourth-order valence-electron chi connectivity index (χ4n) is 1.81. The van der Waals surface area contributed by atoms with Crippen molar-refractivity contribution in [2.75, 3.05) is 33.7 Å². The van der Waals surface area contributed by atoms with Gasteiger partial charge in [0.05, 0.1) is 5.92 Å². The molecule has 92 valence electrons. The molecular formula is C11H21N3O2. The molecule has 1 aliphatic rings. The third-order valence-electron chi connectivity index (χ3n) is 2.99. The van der Waals surface area contributed by atoms with Crippen LogP contribution >= 0.6 is 0 Å². The maximum atomic E-state index is 11.7. The molecule has 0 aliphatic carbocycles. The number of hydrogen-bond donors (Lipinski definition) is 2. The molecule has 0 spiro atoms. The van der Waals surface area contributed by atoms with Crippen LogP contribution in [0.25, 0.3) is 0 Å². The Bertz CT molecular complexity index is 266. The van der Waals surface area contributed by atoms with E-state index in [0.717, 1.165) is 13.1 Å². The van der Waals surface area contributed by atoms with E-state index in [1.807, 2.05) is 0 Å².